The van der Waals surface area contributed by atoms with Crippen LogP contribution in [0.4, 0.5) is 13.2 Å². The number of carbonyl (C=O) groups excluding carboxylic acids is 1. The van der Waals surface area contributed by atoms with E-state index < -0.39 is 17.5 Å². The number of rotatable bonds is 4. The van der Waals surface area contributed by atoms with Crippen molar-refractivity contribution in [2.24, 2.45) is 0 Å². The molecule has 0 atom stereocenters. The number of aliphatic hydroxyl groups is 1. The summed E-state index contributed by atoms with van der Waals surface area (Å²) in [5, 5.41) is 11.4. The lowest BCUT2D eigenvalue weighted by molar-refractivity contribution is -0.140. The molecule has 118 valence electrons. The van der Waals surface area contributed by atoms with Crippen molar-refractivity contribution in [3.05, 3.63) is 16.1 Å². The summed E-state index contributed by atoms with van der Waals surface area (Å²) in [5.41, 5.74) is -1.89. The Kier molecular flexibility index (Phi) is 4.57. The summed E-state index contributed by atoms with van der Waals surface area (Å²) in [6.45, 7) is 0.0235. The van der Waals surface area contributed by atoms with E-state index >= 15 is 0 Å². The van der Waals surface area contributed by atoms with Crippen LogP contribution in [-0.2, 0) is 17.5 Å². The van der Waals surface area contributed by atoms with Crippen LogP contribution in [0.25, 0.3) is 0 Å². The molecule has 0 unspecified atom stereocenters. The van der Waals surface area contributed by atoms with E-state index in [4.69, 9.17) is 0 Å². The number of carbonyl (C=O) groups is 1. The van der Waals surface area contributed by atoms with Gasteiger partial charge in [-0.05, 0) is 12.8 Å². The van der Waals surface area contributed by atoms with E-state index in [9.17, 15) is 23.1 Å². The zero-order chi connectivity index (χ0) is 15.7. The van der Waals surface area contributed by atoms with E-state index in [0.29, 0.717) is 12.8 Å². The summed E-state index contributed by atoms with van der Waals surface area (Å²) in [4.78, 5) is 16.8. The van der Waals surface area contributed by atoms with Crippen molar-refractivity contribution < 1.29 is 23.1 Å². The number of hydrogen-bond donors (Lipinski definition) is 1. The highest BCUT2D eigenvalue weighted by molar-refractivity contribution is 7.09. The number of halogens is 3. The van der Waals surface area contributed by atoms with Crippen LogP contribution in [-0.4, -0.2) is 33.5 Å². The Bertz CT molecular complexity index is 510. The molecule has 1 aliphatic carbocycles. The minimum atomic E-state index is -4.46. The number of hydrogen-bond acceptors (Lipinski definition) is 4. The molecule has 2 rings (SSSR count). The van der Waals surface area contributed by atoms with E-state index in [1.807, 2.05) is 0 Å². The Labute approximate surface area is 124 Å². The lowest BCUT2D eigenvalue weighted by Crippen LogP contribution is -2.35. The van der Waals surface area contributed by atoms with Crippen molar-refractivity contribution in [2.45, 2.75) is 50.4 Å². The van der Waals surface area contributed by atoms with Gasteiger partial charge in [-0.3, -0.25) is 4.79 Å². The van der Waals surface area contributed by atoms with Crippen molar-refractivity contribution in [1.82, 2.24) is 9.88 Å². The van der Waals surface area contributed by atoms with Gasteiger partial charge in [0.05, 0.1) is 18.6 Å². The molecule has 1 N–H and O–H groups in total. The number of amides is 1. The fraction of sp³-hybridized carbons (Fsp3) is 0.692. The monoisotopic (exact) mass is 322 g/mol. The summed E-state index contributed by atoms with van der Waals surface area (Å²) in [6.07, 6.45) is -1.45. The highest BCUT2D eigenvalue weighted by atomic mass is 32.1. The Morgan fingerprint density at radius 3 is 2.62 bits per heavy atom. The Morgan fingerprint density at radius 1 is 1.48 bits per heavy atom. The van der Waals surface area contributed by atoms with E-state index in [1.54, 1.807) is 0 Å². The highest BCUT2D eigenvalue weighted by Gasteiger charge is 2.35. The quantitative estimate of drug-likeness (QED) is 0.927. The maximum Gasteiger partial charge on any atom is 0.434 e. The van der Waals surface area contributed by atoms with Crippen LogP contribution in [0.15, 0.2) is 5.38 Å². The van der Waals surface area contributed by atoms with E-state index in [2.05, 4.69) is 4.98 Å². The van der Waals surface area contributed by atoms with Gasteiger partial charge in [-0.1, -0.05) is 12.8 Å². The molecule has 1 fully saturated rings. The fourth-order valence-electron chi connectivity index (χ4n) is 2.43. The zero-order valence-electron chi connectivity index (χ0n) is 11.6. The smallest absolute Gasteiger partial charge is 0.389 e. The minimum Gasteiger partial charge on any atom is -0.389 e. The van der Waals surface area contributed by atoms with Crippen LogP contribution in [0.5, 0.6) is 0 Å². The largest absolute Gasteiger partial charge is 0.434 e. The maximum atomic E-state index is 12.4. The molecule has 0 saturated heterocycles. The highest BCUT2D eigenvalue weighted by Crippen LogP contribution is 2.33. The van der Waals surface area contributed by atoms with Gasteiger partial charge in [0.1, 0.15) is 5.01 Å². The van der Waals surface area contributed by atoms with Gasteiger partial charge in [-0.25, -0.2) is 4.98 Å². The van der Waals surface area contributed by atoms with Gasteiger partial charge in [-0.2, -0.15) is 13.2 Å². The van der Waals surface area contributed by atoms with Crippen molar-refractivity contribution in [2.75, 3.05) is 7.05 Å². The van der Waals surface area contributed by atoms with Crippen molar-refractivity contribution in [3.63, 3.8) is 0 Å². The molecule has 1 aromatic rings. The van der Waals surface area contributed by atoms with E-state index in [0.717, 1.165) is 29.6 Å². The molecule has 1 aliphatic rings. The third kappa shape index (κ3) is 4.16. The second-order valence-electron chi connectivity index (χ2n) is 5.48. The first kappa shape index (κ1) is 16.2. The van der Waals surface area contributed by atoms with E-state index in [1.165, 1.54) is 11.9 Å². The van der Waals surface area contributed by atoms with Crippen LogP contribution in [0.2, 0.25) is 0 Å². The van der Waals surface area contributed by atoms with Gasteiger partial charge >= 0.3 is 6.18 Å². The average molecular weight is 322 g/mol. The van der Waals surface area contributed by atoms with Crippen molar-refractivity contribution in [3.8, 4) is 0 Å². The molecule has 8 heteroatoms. The molecule has 4 nitrogen and oxygen atoms in total. The molecule has 0 radical (unpaired) electrons. The third-order valence-electron chi connectivity index (χ3n) is 3.65. The Balaban J connectivity index is 1.93. The number of nitrogens with zero attached hydrogens (tertiary/aromatic N) is 2. The second kappa shape index (κ2) is 5.92. The maximum absolute atomic E-state index is 12.4. The second-order valence-corrected chi connectivity index (χ2v) is 6.42. The SMILES string of the molecule is CN(Cc1nc(C(F)(F)F)cs1)C(=O)CC1(O)CCCC1. The first-order valence-corrected chi connectivity index (χ1v) is 7.55. The molecule has 0 aromatic carbocycles. The molecule has 1 amide bonds. The zero-order valence-corrected chi connectivity index (χ0v) is 12.4. The molecule has 1 saturated carbocycles. The molecular formula is C13H17F3N2O2S. The van der Waals surface area contributed by atoms with Crippen molar-refractivity contribution in [1.29, 1.82) is 0 Å². The minimum absolute atomic E-state index is 0.0149. The van der Waals surface area contributed by atoms with Gasteiger partial charge in [0.15, 0.2) is 5.69 Å². The van der Waals surface area contributed by atoms with Crippen molar-refractivity contribution >= 4 is 17.2 Å². The van der Waals surface area contributed by atoms with Gasteiger partial charge < -0.3 is 10.0 Å². The molecule has 1 aromatic heterocycles. The summed E-state index contributed by atoms with van der Waals surface area (Å²) < 4.78 is 37.3. The van der Waals surface area contributed by atoms with Crippen LogP contribution in [0.1, 0.15) is 42.8 Å². The Hall–Kier alpha value is -1.15. The van der Waals surface area contributed by atoms with Crippen LogP contribution in [0, 0.1) is 0 Å². The number of alkyl halides is 3. The lowest BCUT2D eigenvalue weighted by atomic mass is 9.97. The Morgan fingerprint density at radius 2 is 2.10 bits per heavy atom. The van der Waals surface area contributed by atoms with Gasteiger partial charge in [0.2, 0.25) is 5.91 Å². The molecule has 0 bridgehead atoms. The summed E-state index contributed by atoms with van der Waals surface area (Å²) in [5.74, 6) is -0.275. The molecule has 1 heterocycles. The first-order chi connectivity index (χ1) is 9.70. The first-order valence-electron chi connectivity index (χ1n) is 6.68. The molecule has 21 heavy (non-hydrogen) atoms. The normalized spacial score (nSPS) is 18.0. The molecule has 0 aliphatic heterocycles. The molecule has 0 spiro atoms. The van der Waals surface area contributed by atoms with Crippen LogP contribution >= 0.6 is 11.3 Å². The standard InChI is InChI=1S/C13H17F3N2O2S/c1-18(11(19)6-12(20)4-2-3-5-12)7-10-17-9(8-21-10)13(14,15)16/h8,20H,2-7H2,1H3. The summed E-state index contributed by atoms with van der Waals surface area (Å²) in [6, 6.07) is 0. The lowest BCUT2D eigenvalue weighted by Gasteiger charge is -2.24. The van der Waals surface area contributed by atoms with Crippen LogP contribution < -0.4 is 0 Å². The number of aromatic nitrogens is 1. The molecular weight excluding hydrogens is 305 g/mol. The summed E-state index contributed by atoms with van der Waals surface area (Å²) >= 11 is 0.876. The van der Waals surface area contributed by atoms with Gasteiger partial charge in [0, 0.05) is 12.4 Å². The summed E-state index contributed by atoms with van der Waals surface area (Å²) in [7, 11) is 1.51. The average Bonchev–Trinajstić information content (AvgIpc) is 2.97. The van der Waals surface area contributed by atoms with Gasteiger partial charge in [-0.15, -0.1) is 11.3 Å². The predicted octanol–water partition coefficient (Wildman–Crippen LogP) is 2.82. The topological polar surface area (TPSA) is 53.4 Å². The van der Waals surface area contributed by atoms with Gasteiger partial charge in [0.25, 0.3) is 0 Å². The number of thiazole rings is 1. The predicted molar refractivity (Wildman–Crippen MR) is 71.6 cm³/mol. The van der Waals surface area contributed by atoms with Crippen LogP contribution in [0.3, 0.4) is 0 Å². The van der Waals surface area contributed by atoms with E-state index in [-0.39, 0.29) is 23.9 Å². The fourth-order valence-corrected chi connectivity index (χ4v) is 3.28. The third-order valence-corrected chi connectivity index (χ3v) is 4.49.